The standard InChI is InChI=1S/C31H38FN5O4S/c1-19(2)31(32)11-7-24-21(18-31)17-26-28(34-24)42-29(35-26)27(39)33-25(10-14-36-12-8-23(38)9-13-36)20-3-5-22(6-4-20)37-15-16-41-30(37)40/h3-6,17,19,23,25,38H,7-16,18H2,1-2H3,(H,33,39)/t25-,31?/m1/s1. The normalized spacial score (nSPS) is 22.4. The van der Waals surface area contributed by atoms with Crippen molar-refractivity contribution in [3.05, 3.63) is 52.2 Å². The van der Waals surface area contributed by atoms with Gasteiger partial charge in [-0.05, 0) is 67.3 Å². The van der Waals surface area contributed by atoms with Gasteiger partial charge in [-0.25, -0.2) is 19.2 Å². The highest BCUT2D eigenvalue weighted by atomic mass is 32.1. The Bertz CT molecular complexity index is 1460. The molecule has 3 aliphatic rings. The maximum absolute atomic E-state index is 15.4. The van der Waals surface area contributed by atoms with Gasteiger partial charge in [-0.3, -0.25) is 9.69 Å². The molecule has 2 N–H and O–H groups in total. The molecule has 2 atom stereocenters. The lowest BCUT2D eigenvalue weighted by atomic mass is 9.77. The molecule has 11 heteroatoms. The van der Waals surface area contributed by atoms with Gasteiger partial charge in [-0.1, -0.05) is 37.3 Å². The Balaban J connectivity index is 1.21. The van der Waals surface area contributed by atoms with Crippen LogP contribution in [0.1, 0.15) is 72.2 Å². The van der Waals surface area contributed by atoms with E-state index in [-0.39, 0.29) is 30.1 Å². The number of nitrogens with one attached hydrogen (secondary N) is 1. The molecule has 42 heavy (non-hydrogen) atoms. The molecule has 1 aromatic carbocycles. The number of hydrogen-bond acceptors (Lipinski definition) is 8. The Kier molecular flexibility index (Phi) is 8.17. The Morgan fingerprint density at radius 3 is 2.67 bits per heavy atom. The zero-order valence-corrected chi connectivity index (χ0v) is 25.0. The number of likely N-dealkylation sites (tertiary alicyclic amines) is 1. The smallest absolute Gasteiger partial charge is 0.414 e. The summed E-state index contributed by atoms with van der Waals surface area (Å²) in [6, 6.07) is 9.27. The molecule has 2 aromatic heterocycles. The van der Waals surface area contributed by atoms with Crippen LogP contribution >= 0.6 is 11.3 Å². The Morgan fingerprint density at radius 1 is 1.21 bits per heavy atom. The van der Waals surface area contributed by atoms with E-state index in [0.29, 0.717) is 54.2 Å². The zero-order valence-electron chi connectivity index (χ0n) is 24.1. The first-order valence-electron chi connectivity index (χ1n) is 14.9. The van der Waals surface area contributed by atoms with Gasteiger partial charge in [0.2, 0.25) is 0 Å². The first-order chi connectivity index (χ1) is 20.2. The van der Waals surface area contributed by atoms with Gasteiger partial charge in [-0.15, -0.1) is 0 Å². The molecule has 2 fully saturated rings. The van der Waals surface area contributed by atoms with Gasteiger partial charge in [0.1, 0.15) is 22.6 Å². The van der Waals surface area contributed by atoms with Crippen LogP contribution in [0.2, 0.25) is 0 Å². The second-order valence-corrected chi connectivity index (χ2v) is 13.0. The minimum absolute atomic E-state index is 0.0803. The fourth-order valence-corrected chi connectivity index (χ4v) is 6.99. The lowest BCUT2D eigenvalue weighted by Crippen LogP contribution is -2.38. The fourth-order valence-electron chi connectivity index (χ4n) is 6.14. The highest BCUT2D eigenvalue weighted by Crippen LogP contribution is 2.38. The average molecular weight is 596 g/mol. The highest BCUT2D eigenvalue weighted by molar-refractivity contribution is 7.19. The minimum atomic E-state index is -1.25. The van der Waals surface area contributed by atoms with E-state index in [0.717, 1.165) is 55.0 Å². The second kappa shape index (κ2) is 11.9. The lowest BCUT2D eigenvalue weighted by Gasteiger charge is -2.33. The number of rotatable bonds is 8. The summed E-state index contributed by atoms with van der Waals surface area (Å²) in [7, 11) is 0. The third-order valence-electron chi connectivity index (χ3n) is 9.01. The summed E-state index contributed by atoms with van der Waals surface area (Å²) in [4.78, 5) is 39.6. The van der Waals surface area contributed by atoms with Crippen molar-refractivity contribution in [3.63, 3.8) is 0 Å². The molecule has 2 saturated heterocycles. The first kappa shape index (κ1) is 28.9. The molecular weight excluding hydrogens is 557 g/mol. The molecule has 9 nitrogen and oxygen atoms in total. The molecule has 0 saturated carbocycles. The van der Waals surface area contributed by atoms with Gasteiger partial charge in [-0.2, -0.15) is 0 Å². The molecule has 0 radical (unpaired) electrons. The number of aryl methyl sites for hydroxylation is 1. The van der Waals surface area contributed by atoms with Gasteiger partial charge in [0.05, 0.1) is 18.7 Å². The average Bonchev–Trinajstić information content (AvgIpc) is 3.60. The SMILES string of the molecule is CC(C)C1(F)CCc2nc3sc(C(=O)N[C@H](CCN4CCC(O)CC4)c4ccc(N5CCOC5=O)cc4)nc3cc2C1. The van der Waals surface area contributed by atoms with Crippen LogP contribution in [-0.2, 0) is 17.6 Å². The largest absolute Gasteiger partial charge is 0.447 e. The number of halogens is 1. The number of aromatic nitrogens is 2. The second-order valence-electron chi connectivity index (χ2n) is 12.0. The topological polar surface area (TPSA) is 108 Å². The number of cyclic esters (lactones) is 1. The number of thiazole rings is 1. The summed E-state index contributed by atoms with van der Waals surface area (Å²) in [5.41, 5.74) is 2.85. The number of fused-ring (bicyclic) bond motifs is 2. The number of alkyl halides is 1. The molecule has 224 valence electrons. The number of hydrogen-bond donors (Lipinski definition) is 2. The molecule has 6 rings (SSSR count). The van der Waals surface area contributed by atoms with Crippen LogP contribution in [0.3, 0.4) is 0 Å². The van der Waals surface area contributed by atoms with E-state index < -0.39 is 5.67 Å². The van der Waals surface area contributed by atoms with Gasteiger partial charge in [0.15, 0.2) is 5.01 Å². The number of anilines is 1. The summed E-state index contributed by atoms with van der Waals surface area (Å²) in [5.74, 6) is -0.354. The predicted octanol–water partition coefficient (Wildman–Crippen LogP) is 4.82. The van der Waals surface area contributed by atoms with Gasteiger partial charge >= 0.3 is 6.09 Å². The van der Waals surface area contributed by atoms with E-state index in [4.69, 9.17) is 9.72 Å². The minimum Gasteiger partial charge on any atom is -0.447 e. The number of pyridine rings is 1. The first-order valence-corrected chi connectivity index (χ1v) is 15.7. The van der Waals surface area contributed by atoms with Crippen LogP contribution < -0.4 is 10.2 Å². The van der Waals surface area contributed by atoms with E-state index >= 15 is 4.39 Å². The lowest BCUT2D eigenvalue weighted by molar-refractivity contribution is 0.0795. The molecule has 1 aliphatic carbocycles. The number of aliphatic hydroxyl groups is 1. The van der Waals surface area contributed by atoms with E-state index in [1.807, 2.05) is 44.2 Å². The molecule has 0 spiro atoms. The number of amides is 2. The van der Waals surface area contributed by atoms with Crippen LogP contribution in [-0.4, -0.2) is 76.5 Å². The van der Waals surface area contributed by atoms with Crippen LogP contribution in [0.4, 0.5) is 14.9 Å². The summed E-state index contributed by atoms with van der Waals surface area (Å²) in [6.45, 7) is 7.13. The number of carbonyl (C=O) groups is 2. The van der Waals surface area contributed by atoms with Crippen molar-refractivity contribution in [2.45, 2.75) is 70.2 Å². The van der Waals surface area contributed by atoms with Crippen molar-refractivity contribution in [1.82, 2.24) is 20.2 Å². The molecular formula is C31H38FN5O4S. The van der Waals surface area contributed by atoms with E-state index in [2.05, 4.69) is 15.2 Å². The molecule has 0 bridgehead atoms. The number of carbonyl (C=O) groups excluding carboxylic acids is 2. The third kappa shape index (κ3) is 6.00. The van der Waals surface area contributed by atoms with Crippen LogP contribution in [0.5, 0.6) is 0 Å². The predicted molar refractivity (Wildman–Crippen MR) is 160 cm³/mol. The van der Waals surface area contributed by atoms with E-state index in [1.54, 1.807) is 4.90 Å². The van der Waals surface area contributed by atoms with Crippen molar-refractivity contribution in [2.75, 3.05) is 37.7 Å². The summed E-state index contributed by atoms with van der Waals surface area (Å²) < 4.78 is 20.5. The highest BCUT2D eigenvalue weighted by Gasteiger charge is 2.38. The van der Waals surface area contributed by atoms with Crippen LogP contribution in [0.25, 0.3) is 10.3 Å². The Hall–Kier alpha value is -3.15. The summed E-state index contributed by atoms with van der Waals surface area (Å²) in [5, 5.41) is 13.4. The molecule has 2 amide bonds. The number of aliphatic hydroxyl groups excluding tert-OH is 1. The number of piperidine rings is 1. The number of benzene rings is 1. The van der Waals surface area contributed by atoms with Gasteiger partial charge in [0, 0.05) is 37.4 Å². The maximum Gasteiger partial charge on any atom is 0.414 e. The van der Waals surface area contributed by atoms with Crippen molar-refractivity contribution in [3.8, 4) is 0 Å². The molecule has 1 unspecified atom stereocenters. The van der Waals surface area contributed by atoms with Crippen molar-refractivity contribution >= 4 is 39.4 Å². The molecule has 4 heterocycles. The zero-order chi connectivity index (χ0) is 29.4. The number of nitrogens with zero attached hydrogens (tertiary/aromatic N) is 4. The summed E-state index contributed by atoms with van der Waals surface area (Å²) >= 11 is 1.26. The van der Waals surface area contributed by atoms with E-state index in [9.17, 15) is 14.7 Å². The number of ether oxygens (including phenoxy) is 1. The van der Waals surface area contributed by atoms with Gasteiger partial charge < -0.3 is 20.1 Å². The van der Waals surface area contributed by atoms with Gasteiger partial charge in [0.25, 0.3) is 5.91 Å². The van der Waals surface area contributed by atoms with Crippen molar-refractivity contribution in [2.24, 2.45) is 5.92 Å². The maximum atomic E-state index is 15.4. The Labute approximate surface area is 249 Å². The van der Waals surface area contributed by atoms with E-state index in [1.165, 1.54) is 11.3 Å². The van der Waals surface area contributed by atoms with Crippen LogP contribution in [0.15, 0.2) is 30.3 Å². The monoisotopic (exact) mass is 595 g/mol. The fraction of sp³-hybridized carbons (Fsp3) is 0.548. The van der Waals surface area contributed by atoms with Crippen molar-refractivity contribution < 1.29 is 23.8 Å². The van der Waals surface area contributed by atoms with Crippen molar-refractivity contribution in [1.29, 1.82) is 0 Å². The molecule has 3 aromatic rings. The Morgan fingerprint density at radius 2 is 1.98 bits per heavy atom. The molecule has 2 aliphatic heterocycles. The summed E-state index contributed by atoms with van der Waals surface area (Å²) in [6.07, 6.45) is 2.94. The van der Waals surface area contributed by atoms with Crippen LogP contribution in [0, 0.1) is 5.92 Å². The third-order valence-corrected chi connectivity index (χ3v) is 9.97. The quantitative estimate of drug-likeness (QED) is 0.385.